The van der Waals surface area contributed by atoms with Gasteiger partial charge in [-0.15, -0.1) is 0 Å². The molecular formula is C19H24N2O. The summed E-state index contributed by atoms with van der Waals surface area (Å²) < 4.78 is 0. The Labute approximate surface area is 132 Å². The molecule has 0 N–H and O–H groups in total. The Morgan fingerprint density at radius 2 is 2.05 bits per heavy atom. The lowest BCUT2D eigenvalue weighted by molar-refractivity contribution is 0.0637. The van der Waals surface area contributed by atoms with Crippen LogP contribution in [0.5, 0.6) is 0 Å². The molecule has 3 heteroatoms. The molecule has 3 rings (SSSR count). The van der Waals surface area contributed by atoms with Crippen molar-refractivity contribution in [3.63, 3.8) is 0 Å². The van der Waals surface area contributed by atoms with Crippen molar-refractivity contribution in [1.29, 1.82) is 0 Å². The van der Waals surface area contributed by atoms with Crippen LogP contribution in [0.1, 0.15) is 62.0 Å². The average molecular weight is 296 g/mol. The quantitative estimate of drug-likeness (QED) is 0.824. The molecule has 116 valence electrons. The molecule has 1 atom stereocenters. The van der Waals surface area contributed by atoms with Gasteiger partial charge in [0.05, 0.1) is 11.1 Å². The zero-order chi connectivity index (χ0) is 15.7. The lowest BCUT2D eigenvalue weighted by Crippen LogP contribution is -2.42. The van der Waals surface area contributed by atoms with Gasteiger partial charge in [-0.1, -0.05) is 32.0 Å². The summed E-state index contributed by atoms with van der Waals surface area (Å²) in [5, 5.41) is 0.967. The molecule has 0 radical (unpaired) electrons. The van der Waals surface area contributed by atoms with E-state index in [1.807, 2.05) is 35.2 Å². The second-order valence-corrected chi connectivity index (χ2v) is 6.61. The topological polar surface area (TPSA) is 33.2 Å². The molecule has 1 aliphatic heterocycles. The molecule has 22 heavy (non-hydrogen) atoms. The van der Waals surface area contributed by atoms with Crippen LogP contribution in [0, 0.1) is 0 Å². The Bertz CT molecular complexity index is 693. The smallest absolute Gasteiger partial charge is 0.254 e. The molecule has 3 nitrogen and oxygen atoms in total. The normalized spacial score (nSPS) is 18.9. The first-order chi connectivity index (χ1) is 10.6. The van der Waals surface area contributed by atoms with Gasteiger partial charge in [-0.2, -0.15) is 0 Å². The van der Waals surface area contributed by atoms with E-state index >= 15 is 0 Å². The summed E-state index contributed by atoms with van der Waals surface area (Å²) in [6.07, 6.45) is 3.43. The van der Waals surface area contributed by atoms with Crippen molar-refractivity contribution < 1.29 is 4.79 Å². The maximum atomic E-state index is 13.1. The Hall–Kier alpha value is -1.90. The molecule has 1 unspecified atom stereocenters. The van der Waals surface area contributed by atoms with Gasteiger partial charge < -0.3 is 4.90 Å². The lowest BCUT2D eigenvalue weighted by Gasteiger charge is -2.33. The molecule has 1 aromatic heterocycles. The van der Waals surface area contributed by atoms with Gasteiger partial charge in [0.2, 0.25) is 0 Å². The third-order valence-electron chi connectivity index (χ3n) is 4.62. The molecule has 0 bridgehead atoms. The largest absolute Gasteiger partial charge is 0.336 e. The molecule has 2 heterocycles. The Morgan fingerprint density at radius 1 is 1.27 bits per heavy atom. The van der Waals surface area contributed by atoms with Crippen LogP contribution in [0.2, 0.25) is 0 Å². The summed E-state index contributed by atoms with van der Waals surface area (Å²) >= 11 is 0. The maximum Gasteiger partial charge on any atom is 0.254 e. The van der Waals surface area contributed by atoms with Crippen LogP contribution in [0.25, 0.3) is 10.9 Å². The number of likely N-dealkylation sites (tertiary alicyclic amines) is 1. The number of carbonyl (C=O) groups is 1. The summed E-state index contributed by atoms with van der Waals surface area (Å²) in [7, 11) is 0. The summed E-state index contributed by atoms with van der Waals surface area (Å²) in [5.74, 6) is 0.475. The van der Waals surface area contributed by atoms with Gasteiger partial charge in [0.15, 0.2) is 0 Å². The number of hydrogen-bond donors (Lipinski definition) is 0. The van der Waals surface area contributed by atoms with Crippen molar-refractivity contribution in [2.75, 3.05) is 6.54 Å². The van der Waals surface area contributed by atoms with Crippen LogP contribution in [0.3, 0.4) is 0 Å². The number of pyridine rings is 1. The van der Waals surface area contributed by atoms with Crippen molar-refractivity contribution in [3.8, 4) is 0 Å². The van der Waals surface area contributed by atoms with Crippen molar-refractivity contribution in [2.45, 2.75) is 52.0 Å². The SMILES string of the molecule is CC(C)c1cc(C(=O)N2CCCCC2C)c2ccccc2n1. The first-order valence-electron chi connectivity index (χ1n) is 8.28. The Balaban J connectivity index is 2.10. The first kappa shape index (κ1) is 15.0. The molecule has 1 fully saturated rings. The number of nitrogens with zero attached hydrogens (tertiary/aromatic N) is 2. The molecule has 0 spiro atoms. The third kappa shape index (κ3) is 2.72. The number of fused-ring (bicyclic) bond motifs is 1. The van der Waals surface area contributed by atoms with Gasteiger partial charge in [0.1, 0.15) is 0 Å². The van der Waals surface area contributed by atoms with Gasteiger partial charge in [0.25, 0.3) is 5.91 Å². The minimum Gasteiger partial charge on any atom is -0.336 e. The number of benzene rings is 1. The van der Waals surface area contributed by atoms with Crippen molar-refractivity contribution in [2.24, 2.45) is 0 Å². The summed E-state index contributed by atoms with van der Waals surface area (Å²) in [6, 6.07) is 10.3. The summed E-state index contributed by atoms with van der Waals surface area (Å²) in [4.78, 5) is 19.8. The Morgan fingerprint density at radius 3 is 2.77 bits per heavy atom. The second kappa shape index (κ2) is 6.07. The molecule has 2 aromatic rings. The van der Waals surface area contributed by atoms with Crippen LogP contribution in [0.15, 0.2) is 30.3 Å². The predicted octanol–water partition coefficient (Wildman–Crippen LogP) is 4.37. The van der Waals surface area contributed by atoms with E-state index < -0.39 is 0 Å². The van der Waals surface area contributed by atoms with Gasteiger partial charge in [-0.25, -0.2) is 0 Å². The molecular weight excluding hydrogens is 272 g/mol. The maximum absolute atomic E-state index is 13.1. The standard InChI is InChI=1S/C19H24N2O/c1-13(2)18-12-16(15-9-4-5-10-17(15)20-18)19(22)21-11-7-6-8-14(21)3/h4-5,9-10,12-14H,6-8,11H2,1-3H3. The number of aromatic nitrogens is 1. The van der Waals surface area contributed by atoms with Gasteiger partial charge >= 0.3 is 0 Å². The van der Waals surface area contributed by atoms with Crippen molar-refractivity contribution in [3.05, 3.63) is 41.6 Å². The number of para-hydroxylation sites is 1. The highest BCUT2D eigenvalue weighted by Gasteiger charge is 2.26. The average Bonchev–Trinajstić information content (AvgIpc) is 2.53. The fourth-order valence-electron chi connectivity index (χ4n) is 3.22. The number of hydrogen-bond acceptors (Lipinski definition) is 2. The van der Waals surface area contributed by atoms with Gasteiger partial charge in [0, 0.05) is 23.7 Å². The molecule has 0 aliphatic carbocycles. The molecule has 1 saturated heterocycles. The summed E-state index contributed by atoms with van der Waals surface area (Å²) in [6.45, 7) is 7.27. The highest BCUT2D eigenvalue weighted by molar-refractivity contribution is 6.06. The predicted molar refractivity (Wildman–Crippen MR) is 90.2 cm³/mol. The van der Waals surface area contributed by atoms with Crippen LogP contribution in [-0.2, 0) is 0 Å². The van der Waals surface area contributed by atoms with E-state index in [2.05, 4.69) is 20.8 Å². The number of amides is 1. The zero-order valence-corrected chi connectivity index (χ0v) is 13.7. The van der Waals surface area contributed by atoms with Crippen molar-refractivity contribution in [1.82, 2.24) is 9.88 Å². The van der Waals surface area contributed by atoms with E-state index in [4.69, 9.17) is 4.98 Å². The monoisotopic (exact) mass is 296 g/mol. The minimum absolute atomic E-state index is 0.160. The van der Waals surface area contributed by atoms with E-state index in [-0.39, 0.29) is 5.91 Å². The number of carbonyl (C=O) groups excluding carboxylic acids is 1. The molecule has 1 aromatic carbocycles. The van der Waals surface area contributed by atoms with Crippen LogP contribution in [-0.4, -0.2) is 28.4 Å². The fraction of sp³-hybridized carbons (Fsp3) is 0.474. The summed E-state index contributed by atoms with van der Waals surface area (Å²) in [5.41, 5.74) is 2.72. The molecule has 1 amide bonds. The van der Waals surface area contributed by atoms with Crippen LogP contribution in [0.4, 0.5) is 0 Å². The highest BCUT2D eigenvalue weighted by Crippen LogP contribution is 2.26. The Kier molecular flexibility index (Phi) is 4.14. The molecule has 0 saturated carbocycles. The van der Waals surface area contributed by atoms with E-state index in [9.17, 15) is 4.79 Å². The lowest BCUT2D eigenvalue weighted by atomic mass is 9.99. The molecule has 1 aliphatic rings. The van der Waals surface area contributed by atoms with Crippen LogP contribution < -0.4 is 0 Å². The van der Waals surface area contributed by atoms with Gasteiger partial charge in [-0.3, -0.25) is 9.78 Å². The second-order valence-electron chi connectivity index (χ2n) is 6.61. The van der Waals surface area contributed by atoms with E-state index in [0.29, 0.717) is 12.0 Å². The van der Waals surface area contributed by atoms with Crippen LogP contribution >= 0.6 is 0 Å². The van der Waals surface area contributed by atoms with E-state index in [1.165, 1.54) is 6.42 Å². The number of piperidine rings is 1. The van der Waals surface area contributed by atoms with E-state index in [1.54, 1.807) is 0 Å². The zero-order valence-electron chi connectivity index (χ0n) is 13.7. The highest BCUT2D eigenvalue weighted by atomic mass is 16.2. The fourth-order valence-corrected chi connectivity index (χ4v) is 3.22. The van der Waals surface area contributed by atoms with Crippen molar-refractivity contribution >= 4 is 16.8 Å². The minimum atomic E-state index is 0.160. The van der Waals surface area contributed by atoms with Gasteiger partial charge in [-0.05, 0) is 44.2 Å². The first-order valence-corrected chi connectivity index (χ1v) is 8.28. The third-order valence-corrected chi connectivity index (χ3v) is 4.62. The number of rotatable bonds is 2. The van der Waals surface area contributed by atoms with E-state index in [0.717, 1.165) is 41.5 Å².